The Hall–Kier alpha value is -2.36. The highest BCUT2D eigenvalue weighted by Crippen LogP contribution is 2.23. The normalized spacial score (nSPS) is 10.8. The fraction of sp³-hybridized carbons (Fsp3) is 0.143. The Morgan fingerprint density at radius 2 is 1.94 bits per heavy atom. The Kier molecular flexibility index (Phi) is 2.48. The molecule has 0 amide bonds. The standard InChI is InChI=1S/C14H14N4/c1-9-3-4-11(7-10(9)2)18-14-12-5-6-15-13(12)16-8-17-14/h3-8H,1-2H3,(H2,15,16,17,18). The second-order valence-electron chi connectivity index (χ2n) is 4.39. The average molecular weight is 238 g/mol. The Morgan fingerprint density at radius 1 is 1.06 bits per heavy atom. The number of hydrogen-bond donors (Lipinski definition) is 2. The number of aromatic nitrogens is 3. The quantitative estimate of drug-likeness (QED) is 0.720. The molecule has 3 aromatic rings. The van der Waals surface area contributed by atoms with Crippen LogP contribution in [0.5, 0.6) is 0 Å². The van der Waals surface area contributed by atoms with E-state index in [9.17, 15) is 0 Å². The minimum absolute atomic E-state index is 0.824. The molecule has 3 rings (SSSR count). The smallest absolute Gasteiger partial charge is 0.143 e. The van der Waals surface area contributed by atoms with E-state index in [0.717, 1.165) is 22.5 Å². The molecular weight excluding hydrogens is 224 g/mol. The van der Waals surface area contributed by atoms with Gasteiger partial charge in [-0.05, 0) is 43.2 Å². The molecule has 0 radical (unpaired) electrons. The molecule has 2 N–H and O–H groups in total. The van der Waals surface area contributed by atoms with E-state index in [0.29, 0.717) is 0 Å². The summed E-state index contributed by atoms with van der Waals surface area (Å²) in [6.07, 6.45) is 3.42. The van der Waals surface area contributed by atoms with Crippen molar-refractivity contribution in [1.29, 1.82) is 0 Å². The summed E-state index contributed by atoms with van der Waals surface area (Å²) >= 11 is 0. The number of H-pyrrole nitrogens is 1. The number of aromatic amines is 1. The lowest BCUT2D eigenvalue weighted by atomic mass is 10.1. The summed E-state index contributed by atoms with van der Waals surface area (Å²) in [7, 11) is 0. The fourth-order valence-corrected chi connectivity index (χ4v) is 1.93. The molecule has 0 bridgehead atoms. The number of benzene rings is 1. The molecular formula is C14H14N4. The van der Waals surface area contributed by atoms with Gasteiger partial charge in [0.2, 0.25) is 0 Å². The number of anilines is 2. The van der Waals surface area contributed by atoms with Gasteiger partial charge in [0.05, 0.1) is 5.39 Å². The predicted molar refractivity (Wildman–Crippen MR) is 73.1 cm³/mol. The van der Waals surface area contributed by atoms with Gasteiger partial charge >= 0.3 is 0 Å². The lowest BCUT2D eigenvalue weighted by molar-refractivity contribution is 1.20. The first-order valence-corrected chi connectivity index (χ1v) is 5.86. The van der Waals surface area contributed by atoms with E-state index < -0.39 is 0 Å². The summed E-state index contributed by atoms with van der Waals surface area (Å²) in [6.45, 7) is 4.21. The average Bonchev–Trinajstić information content (AvgIpc) is 2.83. The second kappa shape index (κ2) is 4.14. The number of fused-ring (bicyclic) bond motifs is 1. The summed E-state index contributed by atoms with van der Waals surface area (Å²) in [5.41, 5.74) is 4.44. The third-order valence-electron chi connectivity index (χ3n) is 3.12. The first-order chi connectivity index (χ1) is 8.74. The molecule has 0 unspecified atom stereocenters. The third-order valence-corrected chi connectivity index (χ3v) is 3.12. The molecule has 0 fully saturated rings. The number of nitrogens with zero attached hydrogens (tertiary/aromatic N) is 2. The molecule has 0 spiro atoms. The zero-order valence-electron chi connectivity index (χ0n) is 10.4. The van der Waals surface area contributed by atoms with Crippen LogP contribution in [-0.2, 0) is 0 Å². The van der Waals surface area contributed by atoms with Gasteiger partial charge in [0.1, 0.15) is 17.8 Å². The molecule has 0 saturated heterocycles. The Bertz CT molecular complexity index is 700. The first kappa shape index (κ1) is 10.8. The van der Waals surface area contributed by atoms with Crippen LogP contribution in [0, 0.1) is 13.8 Å². The largest absolute Gasteiger partial charge is 0.346 e. The van der Waals surface area contributed by atoms with Crippen molar-refractivity contribution in [3.63, 3.8) is 0 Å². The summed E-state index contributed by atoms with van der Waals surface area (Å²) in [6, 6.07) is 8.25. The van der Waals surface area contributed by atoms with Crippen LogP contribution in [0.4, 0.5) is 11.5 Å². The second-order valence-corrected chi connectivity index (χ2v) is 4.39. The SMILES string of the molecule is Cc1ccc(Nc2ncnc3[nH]ccc23)cc1C. The van der Waals surface area contributed by atoms with Crippen molar-refractivity contribution in [2.75, 3.05) is 5.32 Å². The van der Waals surface area contributed by atoms with Gasteiger partial charge in [-0.1, -0.05) is 6.07 Å². The highest BCUT2D eigenvalue weighted by molar-refractivity contribution is 5.88. The van der Waals surface area contributed by atoms with Crippen LogP contribution in [0.3, 0.4) is 0 Å². The molecule has 2 aromatic heterocycles. The molecule has 4 nitrogen and oxygen atoms in total. The molecule has 0 aliphatic rings. The van der Waals surface area contributed by atoms with Gasteiger partial charge in [-0.15, -0.1) is 0 Å². The maximum absolute atomic E-state index is 4.28. The third kappa shape index (κ3) is 1.82. The van der Waals surface area contributed by atoms with E-state index in [1.807, 2.05) is 12.3 Å². The van der Waals surface area contributed by atoms with Gasteiger partial charge < -0.3 is 10.3 Å². The van der Waals surface area contributed by atoms with Crippen molar-refractivity contribution < 1.29 is 0 Å². The zero-order chi connectivity index (χ0) is 12.5. The van der Waals surface area contributed by atoms with E-state index in [2.05, 4.69) is 52.3 Å². The summed E-state index contributed by atoms with van der Waals surface area (Å²) < 4.78 is 0. The Morgan fingerprint density at radius 3 is 2.78 bits per heavy atom. The van der Waals surface area contributed by atoms with Crippen molar-refractivity contribution in [1.82, 2.24) is 15.0 Å². The highest BCUT2D eigenvalue weighted by Gasteiger charge is 2.04. The molecule has 2 heterocycles. The van der Waals surface area contributed by atoms with Crippen LogP contribution in [0.1, 0.15) is 11.1 Å². The number of rotatable bonds is 2. The van der Waals surface area contributed by atoms with Gasteiger partial charge in [0.15, 0.2) is 0 Å². The van der Waals surface area contributed by atoms with Crippen molar-refractivity contribution in [3.8, 4) is 0 Å². The molecule has 18 heavy (non-hydrogen) atoms. The summed E-state index contributed by atoms with van der Waals surface area (Å²) in [5.74, 6) is 0.824. The molecule has 90 valence electrons. The maximum atomic E-state index is 4.28. The fourth-order valence-electron chi connectivity index (χ4n) is 1.93. The van der Waals surface area contributed by atoms with E-state index in [1.165, 1.54) is 11.1 Å². The Balaban J connectivity index is 2.01. The van der Waals surface area contributed by atoms with Crippen LogP contribution in [-0.4, -0.2) is 15.0 Å². The highest BCUT2D eigenvalue weighted by atomic mass is 15.0. The van der Waals surface area contributed by atoms with E-state index in [4.69, 9.17) is 0 Å². The number of hydrogen-bond acceptors (Lipinski definition) is 3. The molecule has 0 aliphatic carbocycles. The van der Waals surface area contributed by atoms with Crippen molar-refractivity contribution in [3.05, 3.63) is 47.9 Å². The lowest BCUT2D eigenvalue weighted by Crippen LogP contribution is -1.95. The molecule has 0 saturated carbocycles. The predicted octanol–water partition coefficient (Wildman–Crippen LogP) is 3.32. The minimum atomic E-state index is 0.824. The summed E-state index contributed by atoms with van der Waals surface area (Å²) in [4.78, 5) is 11.5. The van der Waals surface area contributed by atoms with Crippen LogP contribution < -0.4 is 5.32 Å². The zero-order valence-corrected chi connectivity index (χ0v) is 10.4. The Labute approximate surface area is 105 Å². The van der Waals surface area contributed by atoms with Crippen molar-refractivity contribution in [2.45, 2.75) is 13.8 Å². The van der Waals surface area contributed by atoms with Crippen LogP contribution in [0.2, 0.25) is 0 Å². The number of aryl methyl sites for hydroxylation is 2. The van der Waals surface area contributed by atoms with Crippen LogP contribution in [0.15, 0.2) is 36.8 Å². The first-order valence-electron chi connectivity index (χ1n) is 5.86. The van der Waals surface area contributed by atoms with Crippen molar-refractivity contribution >= 4 is 22.5 Å². The molecule has 1 aromatic carbocycles. The lowest BCUT2D eigenvalue weighted by Gasteiger charge is -2.08. The molecule has 0 atom stereocenters. The van der Waals surface area contributed by atoms with E-state index in [-0.39, 0.29) is 0 Å². The van der Waals surface area contributed by atoms with E-state index >= 15 is 0 Å². The maximum Gasteiger partial charge on any atom is 0.143 e. The van der Waals surface area contributed by atoms with Gasteiger partial charge in [-0.3, -0.25) is 0 Å². The topological polar surface area (TPSA) is 53.6 Å². The van der Waals surface area contributed by atoms with Crippen LogP contribution in [0.25, 0.3) is 11.0 Å². The van der Waals surface area contributed by atoms with Gasteiger partial charge in [0, 0.05) is 11.9 Å². The van der Waals surface area contributed by atoms with Gasteiger partial charge in [-0.25, -0.2) is 9.97 Å². The monoisotopic (exact) mass is 238 g/mol. The summed E-state index contributed by atoms with van der Waals surface area (Å²) in [5, 5.41) is 4.33. The van der Waals surface area contributed by atoms with Gasteiger partial charge in [0.25, 0.3) is 0 Å². The molecule has 4 heteroatoms. The van der Waals surface area contributed by atoms with Crippen LogP contribution >= 0.6 is 0 Å². The number of nitrogens with one attached hydrogen (secondary N) is 2. The van der Waals surface area contributed by atoms with Crippen molar-refractivity contribution in [2.24, 2.45) is 0 Å². The minimum Gasteiger partial charge on any atom is -0.346 e. The molecule has 0 aliphatic heterocycles. The van der Waals surface area contributed by atoms with Gasteiger partial charge in [-0.2, -0.15) is 0 Å². The van der Waals surface area contributed by atoms with E-state index in [1.54, 1.807) is 6.33 Å².